The highest BCUT2D eigenvalue weighted by molar-refractivity contribution is 5.90. The lowest BCUT2D eigenvalue weighted by molar-refractivity contribution is -0.137. The van der Waals surface area contributed by atoms with Crippen molar-refractivity contribution in [2.24, 2.45) is 0 Å². The number of para-hydroxylation sites is 1. The fourth-order valence-electron chi connectivity index (χ4n) is 3.43. The third-order valence-corrected chi connectivity index (χ3v) is 5.08. The molecular formula is C20H19F3N4O. The monoisotopic (exact) mass is 388 g/mol. The number of fused-ring (bicyclic) bond motifs is 1. The van der Waals surface area contributed by atoms with Gasteiger partial charge in [0.2, 0.25) is 0 Å². The molecule has 8 heteroatoms. The molecule has 2 heterocycles. The van der Waals surface area contributed by atoms with Gasteiger partial charge in [-0.1, -0.05) is 6.07 Å². The maximum atomic E-state index is 13.0. The molecule has 0 N–H and O–H groups in total. The van der Waals surface area contributed by atoms with Crippen LogP contribution in [0.25, 0.3) is 16.6 Å². The van der Waals surface area contributed by atoms with Gasteiger partial charge in [-0.05, 0) is 43.4 Å². The van der Waals surface area contributed by atoms with Crippen molar-refractivity contribution < 1.29 is 13.2 Å². The van der Waals surface area contributed by atoms with E-state index < -0.39 is 11.7 Å². The van der Waals surface area contributed by atoms with Crippen molar-refractivity contribution in [3.63, 3.8) is 0 Å². The molecule has 1 fully saturated rings. The van der Waals surface area contributed by atoms with Gasteiger partial charge < -0.3 is 9.80 Å². The van der Waals surface area contributed by atoms with Crippen LogP contribution in [0.3, 0.4) is 0 Å². The number of anilines is 1. The molecule has 1 aromatic heterocycles. The lowest BCUT2D eigenvalue weighted by Gasteiger charge is -2.34. The first-order valence-electron chi connectivity index (χ1n) is 8.96. The van der Waals surface area contributed by atoms with E-state index in [9.17, 15) is 18.0 Å². The highest BCUT2D eigenvalue weighted by Gasteiger charge is 2.30. The number of nitrogens with zero attached hydrogens (tertiary/aromatic N) is 4. The Balaban J connectivity index is 1.75. The van der Waals surface area contributed by atoms with E-state index in [-0.39, 0.29) is 5.56 Å². The molecule has 0 unspecified atom stereocenters. The van der Waals surface area contributed by atoms with Crippen LogP contribution >= 0.6 is 0 Å². The summed E-state index contributed by atoms with van der Waals surface area (Å²) in [5.74, 6) is 0. The Hall–Kier alpha value is -2.87. The van der Waals surface area contributed by atoms with E-state index in [0.717, 1.165) is 44.0 Å². The number of hydrogen-bond acceptors (Lipinski definition) is 4. The van der Waals surface area contributed by atoms with E-state index in [1.165, 1.54) is 23.0 Å². The van der Waals surface area contributed by atoms with E-state index in [4.69, 9.17) is 0 Å². The first-order valence-corrected chi connectivity index (χ1v) is 8.96. The standard InChI is InChI=1S/C20H19F3N4O/c1-25-9-11-26(12-10-25)17-4-2-3-16-18(17)24-13-27(19(16)28)15-7-5-14(6-8-15)20(21,22)23/h2-8,13H,9-12H2,1H3. The van der Waals surface area contributed by atoms with E-state index >= 15 is 0 Å². The summed E-state index contributed by atoms with van der Waals surface area (Å²) in [5.41, 5.74) is 0.802. The first kappa shape index (κ1) is 18.5. The number of rotatable bonds is 2. The molecule has 4 rings (SSSR count). The number of likely N-dealkylation sites (N-methyl/N-ethyl adjacent to an activating group) is 1. The molecule has 1 aliphatic heterocycles. The fourth-order valence-corrected chi connectivity index (χ4v) is 3.43. The van der Waals surface area contributed by atoms with Crippen LogP contribution in [0.2, 0.25) is 0 Å². The van der Waals surface area contributed by atoms with Gasteiger partial charge in [0.15, 0.2) is 0 Å². The van der Waals surface area contributed by atoms with E-state index in [0.29, 0.717) is 16.6 Å². The second-order valence-electron chi connectivity index (χ2n) is 6.93. The van der Waals surface area contributed by atoms with Crippen LogP contribution in [0.15, 0.2) is 53.6 Å². The summed E-state index contributed by atoms with van der Waals surface area (Å²) in [6.07, 6.45) is -3.03. The molecule has 1 saturated heterocycles. The quantitative estimate of drug-likeness (QED) is 0.676. The average Bonchev–Trinajstić information content (AvgIpc) is 2.68. The largest absolute Gasteiger partial charge is 0.416 e. The summed E-state index contributed by atoms with van der Waals surface area (Å²) in [4.78, 5) is 21.9. The van der Waals surface area contributed by atoms with Gasteiger partial charge in [0.25, 0.3) is 5.56 Å². The zero-order chi connectivity index (χ0) is 19.9. The molecule has 3 aromatic rings. The Labute approximate surface area is 159 Å². The van der Waals surface area contributed by atoms with Gasteiger partial charge in [0, 0.05) is 26.2 Å². The minimum Gasteiger partial charge on any atom is -0.367 e. The van der Waals surface area contributed by atoms with Gasteiger partial charge >= 0.3 is 6.18 Å². The molecule has 1 aliphatic rings. The zero-order valence-corrected chi connectivity index (χ0v) is 15.3. The van der Waals surface area contributed by atoms with Crippen LogP contribution in [-0.4, -0.2) is 47.7 Å². The second kappa shape index (κ2) is 6.94. The normalized spacial score (nSPS) is 15.9. The van der Waals surface area contributed by atoms with Crippen molar-refractivity contribution in [1.29, 1.82) is 0 Å². The summed E-state index contributed by atoms with van der Waals surface area (Å²) >= 11 is 0. The predicted molar refractivity (Wildman–Crippen MR) is 102 cm³/mol. The number of benzene rings is 2. The molecule has 0 atom stereocenters. The summed E-state index contributed by atoms with van der Waals surface area (Å²) in [6, 6.07) is 9.95. The smallest absolute Gasteiger partial charge is 0.367 e. The summed E-state index contributed by atoms with van der Waals surface area (Å²) in [5, 5.41) is 0.443. The van der Waals surface area contributed by atoms with Gasteiger partial charge in [-0.25, -0.2) is 4.98 Å². The van der Waals surface area contributed by atoms with Crippen LogP contribution in [0.4, 0.5) is 18.9 Å². The lowest BCUT2D eigenvalue weighted by atomic mass is 10.1. The fraction of sp³-hybridized carbons (Fsp3) is 0.300. The number of piperazine rings is 1. The molecule has 146 valence electrons. The van der Waals surface area contributed by atoms with Crippen LogP contribution in [0, 0.1) is 0 Å². The molecule has 0 saturated carbocycles. The van der Waals surface area contributed by atoms with Crippen molar-refractivity contribution in [3.8, 4) is 5.69 Å². The Morgan fingerprint density at radius 1 is 0.964 bits per heavy atom. The van der Waals surface area contributed by atoms with Crippen molar-refractivity contribution in [2.45, 2.75) is 6.18 Å². The Morgan fingerprint density at radius 2 is 1.64 bits per heavy atom. The molecule has 0 spiro atoms. The van der Waals surface area contributed by atoms with Gasteiger partial charge in [-0.3, -0.25) is 9.36 Å². The number of aromatic nitrogens is 2. The van der Waals surface area contributed by atoms with E-state index in [2.05, 4.69) is 21.8 Å². The Kier molecular flexibility index (Phi) is 4.58. The lowest BCUT2D eigenvalue weighted by Crippen LogP contribution is -2.44. The number of halogens is 3. The third-order valence-electron chi connectivity index (χ3n) is 5.08. The molecule has 0 bridgehead atoms. The highest BCUT2D eigenvalue weighted by Crippen LogP contribution is 2.29. The van der Waals surface area contributed by atoms with Crippen molar-refractivity contribution in [1.82, 2.24) is 14.5 Å². The molecule has 0 amide bonds. The third kappa shape index (κ3) is 3.35. The molecule has 2 aromatic carbocycles. The van der Waals surface area contributed by atoms with Gasteiger partial charge in [-0.2, -0.15) is 13.2 Å². The average molecular weight is 388 g/mol. The van der Waals surface area contributed by atoms with Gasteiger partial charge in [0.05, 0.1) is 22.3 Å². The van der Waals surface area contributed by atoms with Gasteiger partial charge in [-0.15, -0.1) is 0 Å². The van der Waals surface area contributed by atoms with Crippen molar-refractivity contribution >= 4 is 16.6 Å². The van der Waals surface area contributed by atoms with Crippen LogP contribution < -0.4 is 10.5 Å². The molecule has 5 nitrogen and oxygen atoms in total. The molecule has 28 heavy (non-hydrogen) atoms. The van der Waals surface area contributed by atoms with Crippen LogP contribution in [0.5, 0.6) is 0 Å². The van der Waals surface area contributed by atoms with E-state index in [1.54, 1.807) is 6.07 Å². The molecule has 0 radical (unpaired) electrons. The minimum absolute atomic E-state index is 0.305. The molecular weight excluding hydrogens is 369 g/mol. The first-order chi connectivity index (χ1) is 13.3. The van der Waals surface area contributed by atoms with Crippen LogP contribution in [0.1, 0.15) is 5.56 Å². The van der Waals surface area contributed by atoms with Gasteiger partial charge in [0.1, 0.15) is 11.8 Å². The van der Waals surface area contributed by atoms with Crippen molar-refractivity contribution in [3.05, 3.63) is 64.7 Å². The topological polar surface area (TPSA) is 41.4 Å². The minimum atomic E-state index is -4.41. The Morgan fingerprint density at radius 3 is 2.29 bits per heavy atom. The van der Waals surface area contributed by atoms with E-state index in [1.807, 2.05) is 12.1 Å². The number of hydrogen-bond donors (Lipinski definition) is 0. The molecule has 0 aliphatic carbocycles. The maximum absolute atomic E-state index is 13.0. The summed E-state index contributed by atoms with van der Waals surface area (Å²) < 4.78 is 39.6. The van der Waals surface area contributed by atoms with Crippen molar-refractivity contribution in [2.75, 3.05) is 38.1 Å². The highest BCUT2D eigenvalue weighted by atomic mass is 19.4. The number of alkyl halides is 3. The summed E-state index contributed by atoms with van der Waals surface area (Å²) in [6.45, 7) is 3.55. The summed E-state index contributed by atoms with van der Waals surface area (Å²) in [7, 11) is 2.07. The SMILES string of the molecule is CN1CCN(c2cccc3c(=O)n(-c4ccc(C(F)(F)F)cc4)cnc23)CC1. The second-order valence-corrected chi connectivity index (χ2v) is 6.93. The van der Waals surface area contributed by atoms with Crippen LogP contribution in [-0.2, 0) is 6.18 Å². The Bertz CT molecular complexity index is 1050. The zero-order valence-electron chi connectivity index (χ0n) is 15.3. The maximum Gasteiger partial charge on any atom is 0.416 e. The predicted octanol–water partition coefficient (Wildman–Crippen LogP) is 3.16.